The third-order valence-electron chi connectivity index (χ3n) is 3.96. The van der Waals surface area contributed by atoms with Crippen molar-refractivity contribution in [3.8, 4) is 0 Å². The van der Waals surface area contributed by atoms with Crippen molar-refractivity contribution < 1.29 is 9.53 Å². The Kier molecular flexibility index (Phi) is 6.68. The first-order valence-corrected chi connectivity index (χ1v) is 8.20. The van der Waals surface area contributed by atoms with Gasteiger partial charge in [-0.3, -0.25) is 4.79 Å². The molecule has 1 amide bonds. The summed E-state index contributed by atoms with van der Waals surface area (Å²) in [6.07, 6.45) is 2.47. The highest BCUT2D eigenvalue weighted by Crippen LogP contribution is 2.17. The lowest BCUT2D eigenvalue weighted by Crippen LogP contribution is -2.33. The van der Waals surface area contributed by atoms with Gasteiger partial charge in [-0.15, -0.1) is 0 Å². The Morgan fingerprint density at radius 3 is 2.59 bits per heavy atom. The van der Waals surface area contributed by atoms with Crippen LogP contribution in [-0.2, 0) is 9.53 Å². The van der Waals surface area contributed by atoms with E-state index in [1.165, 1.54) is 5.69 Å². The van der Waals surface area contributed by atoms with Crippen molar-refractivity contribution in [2.75, 3.05) is 43.0 Å². The predicted octanol–water partition coefficient (Wildman–Crippen LogP) is 2.24. The summed E-state index contributed by atoms with van der Waals surface area (Å²) < 4.78 is 5.51. The van der Waals surface area contributed by atoms with E-state index in [1.807, 2.05) is 24.3 Å². The molecule has 0 spiro atoms. The fraction of sp³-hybridized carbons (Fsp3) is 0.588. The van der Waals surface area contributed by atoms with Crippen LogP contribution in [-0.4, -0.2) is 44.8 Å². The van der Waals surface area contributed by atoms with E-state index in [1.54, 1.807) is 0 Å². The van der Waals surface area contributed by atoms with Crippen LogP contribution >= 0.6 is 0 Å². The fourth-order valence-corrected chi connectivity index (χ4v) is 2.70. The number of hydrogen-bond donors (Lipinski definition) is 2. The monoisotopic (exact) mass is 305 g/mol. The molecule has 1 aliphatic rings. The number of anilines is 2. The summed E-state index contributed by atoms with van der Waals surface area (Å²) >= 11 is 0. The van der Waals surface area contributed by atoms with Gasteiger partial charge in [-0.25, -0.2) is 0 Å². The second kappa shape index (κ2) is 8.76. The maximum Gasteiger partial charge on any atom is 0.238 e. The van der Waals surface area contributed by atoms with Crippen molar-refractivity contribution in [1.29, 1.82) is 0 Å². The quantitative estimate of drug-likeness (QED) is 0.773. The summed E-state index contributed by atoms with van der Waals surface area (Å²) in [4.78, 5) is 14.2. The van der Waals surface area contributed by atoms with Crippen LogP contribution in [0.15, 0.2) is 24.3 Å². The Balaban J connectivity index is 1.73. The Labute approximate surface area is 133 Å². The van der Waals surface area contributed by atoms with Crippen LogP contribution in [0.3, 0.4) is 0 Å². The molecule has 0 aliphatic carbocycles. The minimum atomic E-state index is -0.0198. The number of nitrogens with zero attached hydrogens (tertiary/aromatic N) is 1. The maximum absolute atomic E-state index is 11.9. The minimum absolute atomic E-state index is 0.0198. The lowest BCUT2D eigenvalue weighted by atomic mass is 10.2. The van der Waals surface area contributed by atoms with Gasteiger partial charge in [0.1, 0.15) is 0 Å². The van der Waals surface area contributed by atoms with Crippen LogP contribution in [0.2, 0.25) is 0 Å². The molecule has 22 heavy (non-hydrogen) atoms. The number of carbonyl (C=O) groups excluding carboxylic acids is 1. The van der Waals surface area contributed by atoms with Crippen molar-refractivity contribution in [3.63, 3.8) is 0 Å². The topological polar surface area (TPSA) is 53.6 Å². The van der Waals surface area contributed by atoms with Gasteiger partial charge in [0.15, 0.2) is 0 Å². The van der Waals surface area contributed by atoms with E-state index < -0.39 is 0 Å². The Bertz CT molecular complexity index is 451. The molecule has 1 heterocycles. The minimum Gasteiger partial charge on any atom is -0.377 e. The first-order valence-electron chi connectivity index (χ1n) is 8.20. The van der Waals surface area contributed by atoms with Gasteiger partial charge in [-0.1, -0.05) is 0 Å². The number of nitrogens with one attached hydrogen (secondary N) is 2. The SMILES string of the molecule is CCN(CC)c1ccc(NC(=O)CNCC2CCCO2)cc1. The molecule has 1 fully saturated rings. The van der Waals surface area contributed by atoms with Crippen LogP contribution in [0.1, 0.15) is 26.7 Å². The average Bonchev–Trinajstić information content (AvgIpc) is 3.03. The first-order chi connectivity index (χ1) is 10.7. The molecule has 1 aliphatic heterocycles. The summed E-state index contributed by atoms with van der Waals surface area (Å²) in [6, 6.07) is 7.99. The van der Waals surface area contributed by atoms with Crippen molar-refractivity contribution in [3.05, 3.63) is 24.3 Å². The summed E-state index contributed by atoms with van der Waals surface area (Å²) in [5, 5.41) is 6.06. The molecule has 0 bridgehead atoms. The molecule has 0 radical (unpaired) electrons. The van der Waals surface area contributed by atoms with Crippen LogP contribution in [0.25, 0.3) is 0 Å². The molecule has 1 unspecified atom stereocenters. The van der Waals surface area contributed by atoms with Gasteiger partial charge in [0.2, 0.25) is 5.91 Å². The molecule has 1 aromatic rings. The third kappa shape index (κ3) is 5.00. The molecule has 122 valence electrons. The molecule has 0 aromatic heterocycles. The van der Waals surface area contributed by atoms with E-state index in [9.17, 15) is 4.79 Å². The first kappa shape index (κ1) is 16.8. The molecule has 1 atom stereocenters. The molecule has 5 heteroatoms. The zero-order valence-electron chi connectivity index (χ0n) is 13.6. The van der Waals surface area contributed by atoms with Crippen molar-refractivity contribution >= 4 is 17.3 Å². The van der Waals surface area contributed by atoms with Gasteiger partial charge in [-0.2, -0.15) is 0 Å². The van der Waals surface area contributed by atoms with Gasteiger partial charge in [-0.05, 0) is 51.0 Å². The van der Waals surface area contributed by atoms with Gasteiger partial charge in [0.25, 0.3) is 0 Å². The fourth-order valence-electron chi connectivity index (χ4n) is 2.70. The van der Waals surface area contributed by atoms with E-state index >= 15 is 0 Å². The number of benzene rings is 1. The lowest BCUT2D eigenvalue weighted by Gasteiger charge is -2.21. The maximum atomic E-state index is 11.9. The molecular weight excluding hydrogens is 278 g/mol. The second-order valence-corrected chi connectivity index (χ2v) is 5.53. The second-order valence-electron chi connectivity index (χ2n) is 5.53. The number of amides is 1. The number of hydrogen-bond acceptors (Lipinski definition) is 4. The summed E-state index contributed by atoms with van der Waals surface area (Å²) in [7, 11) is 0. The predicted molar refractivity (Wildman–Crippen MR) is 90.5 cm³/mol. The Hall–Kier alpha value is -1.59. The largest absolute Gasteiger partial charge is 0.377 e. The van der Waals surface area contributed by atoms with Crippen LogP contribution in [0.4, 0.5) is 11.4 Å². The molecule has 1 aromatic carbocycles. The normalized spacial score (nSPS) is 17.5. The third-order valence-corrected chi connectivity index (χ3v) is 3.96. The smallest absolute Gasteiger partial charge is 0.238 e. The van der Waals surface area contributed by atoms with Crippen LogP contribution < -0.4 is 15.5 Å². The Morgan fingerprint density at radius 2 is 2.00 bits per heavy atom. The molecule has 5 nitrogen and oxygen atoms in total. The summed E-state index contributed by atoms with van der Waals surface area (Å²) in [5.41, 5.74) is 2.01. The summed E-state index contributed by atoms with van der Waals surface area (Å²) in [5.74, 6) is -0.0198. The number of carbonyl (C=O) groups is 1. The standard InChI is InChI=1S/C17H27N3O2/c1-3-20(4-2)15-9-7-14(8-10-15)19-17(21)13-18-12-16-6-5-11-22-16/h7-10,16,18H,3-6,11-13H2,1-2H3,(H,19,21). The van der Waals surface area contributed by atoms with Crippen molar-refractivity contribution in [1.82, 2.24) is 5.32 Å². The summed E-state index contributed by atoms with van der Waals surface area (Å²) in [6.45, 7) is 8.14. The van der Waals surface area contributed by atoms with E-state index in [4.69, 9.17) is 4.74 Å². The highest BCUT2D eigenvalue weighted by atomic mass is 16.5. The van der Waals surface area contributed by atoms with Crippen molar-refractivity contribution in [2.24, 2.45) is 0 Å². The molecular formula is C17H27N3O2. The van der Waals surface area contributed by atoms with Crippen LogP contribution in [0.5, 0.6) is 0 Å². The van der Waals surface area contributed by atoms with Gasteiger partial charge < -0.3 is 20.3 Å². The van der Waals surface area contributed by atoms with E-state index in [0.717, 1.165) is 44.8 Å². The average molecular weight is 305 g/mol. The highest BCUT2D eigenvalue weighted by Gasteiger charge is 2.15. The van der Waals surface area contributed by atoms with Crippen LogP contribution in [0, 0.1) is 0 Å². The van der Waals surface area contributed by atoms with Gasteiger partial charge >= 0.3 is 0 Å². The number of ether oxygens (including phenoxy) is 1. The number of rotatable bonds is 8. The van der Waals surface area contributed by atoms with E-state index in [2.05, 4.69) is 29.4 Å². The zero-order chi connectivity index (χ0) is 15.8. The lowest BCUT2D eigenvalue weighted by molar-refractivity contribution is -0.115. The molecule has 0 saturated carbocycles. The molecule has 1 saturated heterocycles. The van der Waals surface area contributed by atoms with Gasteiger partial charge in [0.05, 0.1) is 12.6 Å². The Morgan fingerprint density at radius 1 is 1.27 bits per heavy atom. The van der Waals surface area contributed by atoms with Crippen molar-refractivity contribution in [2.45, 2.75) is 32.8 Å². The molecule has 2 N–H and O–H groups in total. The van der Waals surface area contributed by atoms with E-state index in [0.29, 0.717) is 6.54 Å². The highest BCUT2D eigenvalue weighted by molar-refractivity contribution is 5.92. The zero-order valence-corrected chi connectivity index (χ0v) is 13.6. The molecule has 2 rings (SSSR count). The van der Waals surface area contributed by atoms with E-state index in [-0.39, 0.29) is 12.0 Å². The van der Waals surface area contributed by atoms with Gasteiger partial charge in [0, 0.05) is 37.6 Å².